The van der Waals surface area contributed by atoms with Crippen LogP contribution < -0.4 is 5.73 Å². The average Bonchev–Trinajstić information content (AvgIpc) is 2.45. The van der Waals surface area contributed by atoms with Crippen LogP contribution in [0.2, 0.25) is 0 Å². The molecular weight excluding hydrogens is 280 g/mol. The Morgan fingerprint density at radius 1 is 1.27 bits per heavy atom. The number of likely N-dealkylation sites (tertiary alicyclic amines) is 1. The third kappa shape index (κ3) is 6.12. The van der Waals surface area contributed by atoms with Crippen LogP contribution in [-0.4, -0.2) is 60.2 Å². The zero-order chi connectivity index (χ0) is 16.8. The van der Waals surface area contributed by atoms with Crippen molar-refractivity contribution >= 4 is 12.1 Å². The van der Waals surface area contributed by atoms with E-state index in [0.29, 0.717) is 11.9 Å². The normalized spacial score (nSPS) is 17.5. The highest BCUT2D eigenvalue weighted by molar-refractivity contribution is 5.78. The van der Waals surface area contributed by atoms with Crippen molar-refractivity contribution in [1.29, 1.82) is 0 Å². The lowest BCUT2D eigenvalue weighted by Gasteiger charge is -2.33. The van der Waals surface area contributed by atoms with Gasteiger partial charge in [-0.2, -0.15) is 0 Å². The Morgan fingerprint density at radius 3 is 2.27 bits per heavy atom. The predicted molar refractivity (Wildman–Crippen MR) is 89.9 cm³/mol. The number of rotatable bonds is 4. The molecule has 1 aliphatic heterocycles. The van der Waals surface area contributed by atoms with E-state index in [1.165, 1.54) is 0 Å². The van der Waals surface area contributed by atoms with Gasteiger partial charge in [0, 0.05) is 32.7 Å². The summed E-state index contributed by atoms with van der Waals surface area (Å²) in [5.74, 6) is 1.12. The van der Waals surface area contributed by atoms with Crippen LogP contribution in [0.3, 0.4) is 0 Å². The van der Waals surface area contributed by atoms with Gasteiger partial charge < -0.3 is 20.3 Å². The van der Waals surface area contributed by atoms with E-state index >= 15 is 0 Å². The minimum atomic E-state index is -0.434. The molecular formula is C16H32N4O2. The van der Waals surface area contributed by atoms with Crippen molar-refractivity contribution < 1.29 is 9.53 Å². The number of nitrogens with zero attached hydrogens (tertiary/aromatic N) is 3. The lowest BCUT2D eigenvalue weighted by molar-refractivity contribution is 0.0187. The van der Waals surface area contributed by atoms with Crippen LogP contribution in [0.5, 0.6) is 0 Å². The topological polar surface area (TPSA) is 71.2 Å². The molecule has 0 unspecified atom stereocenters. The molecule has 0 aliphatic carbocycles. The minimum absolute atomic E-state index is 0.211. The van der Waals surface area contributed by atoms with Crippen molar-refractivity contribution in [2.24, 2.45) is 16.6 Å². The SMILES string of the molecule is CCN(CC)C(N)=NCC1CCN(C(=O)OC(C)(C)C)CC1. The highest BCUT2D eigenvalue weighted by atomic mass is 16.6. The Morgan fingerprint density at radius 2 is 1.82 bits per heavy atom. The maximum atomic E-state index is 12.0. The smallest absolute Gasteiger partial charge is 0.410 e. The van der Waals surface area contributed by atoms with Gasteiger partial charge in [-0.05, 0) is 53.4 Å². The molecule has 0 aromatic carbocycles. The Kier molecular flexibility index (Phi) is 6.97. The molecule has 1 aliphatic rings. The largest absolute Gasteiger partial charge is 0.444 e. The molecule has 1 amide bonds. The summed E-state index contributed by atoms with van der Waals surface area (Å²) in [6, 6.07) is 0. The second-order valence-corrected chi connectivity index (χ2v) is 6.78. The van der Waals surface area contributed by atoms with Gasteiger partial charge in [-0.3, -0.25) is 4.99 Å². The van der Waals surface area contributed by atoms with Crippen LogP contribution >= 0.6 is 0 Å². The first-order chi connectivity index (χ1) is 10.3. The first-order valence-corrected chi connectivity index (χ1v) is 8.29. The fourth-order valence-electron chi connectivity index (χ4n) is 2.49. The number of piperidine rings is 1. The second kappa shape index (κ2) is 8.25. The first kappa shape index (κ1) is 18.6. The number of ether oxygens (including phenoxy) is 1. The van der Waals surface area contributed by atoms with Gasteiger partial charge in [0.25, 0.3) is 0 Å². The highest BCUT2D eigenvalue weighted by Gasteiger charge is 2.26. The van der Waals surface area contributed by atoms with Gasteiger partial charge in [-0.1, -0.05) is 0 Å². The second-order valence-electron chi connectivity index (χ2n) is 6.78. The number of aliphatic imine (C=N–C) groups is 1. The van der Waals surface area contributed by atoms with Gasteiger partial charge >= 0.3 is 6.09 Å². The summed E-state index contributed by atoms with van der Waals surface area (Å²) in [7, 11) is 0. The molecule has 0 bridgehead atoms. The van der Waals surface area contributed by atoms with Gasteiger partial charge in [-0.15, -0.1) is 0 Å². The number of guanidine groups is 1. The first-order valence-electron chi connectivity index (χ1n) is 8.29. The van der Waals surface area contributed by atoms with Crippen molar-refractivity contribution in [3.05, 3.63) is 0 Å². The van der Waals surface area contributed by atoms with Crippen LogP contribution in [0, 0.1) is 5.92 Å². The average molecular weight is 312 g/mol. The molecule has 6 heteroatoms. The molecule has 0 atom stereocenters. The predicted octanol–water partition coefficient (Wildman–Crippen LogP) is 2.29. The van der Waals surface area contributed by atoms with E-state index in [9.17, 15) is 4.79 Å². The van der Waals surface area contributed by atoms with E-state index in [1.54, 1.807) is 4.90 Å². The molecule has 0 spiro atoms. The Balaban J connectivity index is 2.39. The maximum absolute atomic E-state index is 12.0. The summed E-state index contributed by atoms with van der Waals surface area (Å²) in [6.45, 7) is 13.8. The minimum Gasteiger partial charge on any atom is -0.444 e. The zero-order valence-corrected chi connectivity index (χ0v) is 14.8. The molecule has 22 heavy (non-hydrogen) atoms. The van der Waals surface area contributed by atoms with Crippen LogP contribution in [0.25, 0.3) is 0 Å². The van der Waals surface area contributed by atoms with Crippen molar-refractivity contribution in [3.63, 3.8) is 0 Å². The molecule has 128 valence electrons. The number of carbonyl (C=O) groups excluding carboxylic acids is 1. The lowest BCUT2D eigenvalue weighted by Crippen LogP contribution is -2.42. The molecule has 1 saturated heterocycles. The third-order valence-corrected chi connectivity index (χ3v) is 3.87. The van der Waals surface area contributed by atoms with Crippen molar-refractivity contribution in [2.75, 3.05) is 32.7 Å². The lowest BCUT2D eigenvalue weighted by atomic mass is 9.97. The van der Waals surface area contributed by atoms with Crippen LogP contribution in [0.15, 0.2) is 4.99 Å². The van der Waals surface area contributed by atoms with E-state index in [4.69, 9.17) is 10.5 Å². The summed E-state index contributed by atoms with van der Waals surface area (Å²) in [4.78, 5) is 20.4. The highest BCUT2D eigenvalue weighted by Crippen LogP contribution is 2.20. The molecule has 0 aromatic rings. The quantitative estimate of drug-likeness (QED) is 0.638. The standard InChI is InChI=1S/C16H32N4O2/c1-6-19(7-2)14(17)18-12-13-8-10-20(11-9-13)15(21)22-16(3,4)5/h13H,6-12H2,1-5H3,(H2,17,18). The van der Waals surface area contributed by atoms with Crippen LogP contribution in [0.1, 0.15) is 47.5 Å². The molecule has 1 rings (SSSR count). The maximum Gasteiger partial charge on any atom is 0.410 e. The van der Waals surface area contributed by atoms with E-state index < -0.39 is 5.60 Å². The number of hydrogen-bond donors (Lipinski definition) is 1. The fraction of sp³-hybridized carbons (Fsp3) is 0.875. The van der Waals surface area contributed by atoms with Gasteiger partial charge in [0.1, 0.15) is 5.60 Å². The van der Waals surface area contributed by atoms with Crippen molar-refractivity contribution in [2.45, 2.75) is 53.1 Å². The Bertz CT molecular complexity index is 378. The van der Waals surface area contributed by atoms with Crippen molar-refractivity contribution in [3.8, 4) is 0 Å². The molecule has 2 N–H and O–H groups in total. The summed E-state index contributed by atoms with van der Waals surface area (Å²) in [5.41, 5.74) is 5.56. The van der Waals surface area contributed by atoms with Gasteiger partial charge in [-0.25, -0.2) is 4.79 Å². The van der Waals surface area contributed by atoms with Crippen LogP contribution in [-0.2, 0) is 4.74 Å². The fourth-order valence-corrected chi connectivity index (χ4v) is 2.49. The Hall–Kier alpha value is -1.46. The summed E-state index contributed by atoms with van der Waals surface area (Å²) < 4.78 is 5.40. The molecule has 0 radical (unpaired) electrons. The summed E-state index contributed by atoms with van der Waals surface area (Å²) >= 11 is 0. The van der Waals surface area contributed by atoms with E-state index in [2.05, 4.69) is 23.7 Å². The molecule has 6 nitrogen and oxygen atoms in total. The van der Waals surface area contributed by atoms with E-state index in [1.807, 2.05) is 20.8 Å². The molecule has 1 heterocycles. The van der Waals surface area contributed by atoms with Crippen molar-refractivity contribution in [1.82, 2.24) is 9.80 Å². The monoisotopic (exact) mass is 312 g/mol. The number of nitrogens with two attached hydrogens (primary N) is 1. The third-order valence-electron chi connectivity index (χ3n) is 3.87. The van der Waals surface area contributed by atoms with E-state index in [-0.39, 0.29) is 6.09 Å². The molecule has 0 saturated carbocycles. The molecule has 1 fully saturated rings. The summed E-state index contributed by atoms with van der Waals surface area (Å²) in [5, 5.41) is 0. The van der Waals surface area contributed by atoms with E-state index in [0.717, 1.165) is 45.6 Å². The Labute approximate surface area is 134 Å². The molecule has 0 aromatic heterocycles. The van der Waals surface area contributed by atoms with Gasteiger partial charge in [0.05, 0.1) is 0 Å². The number of amides is 1. The zero-order valence-electron chi connectivity index (χ0n) is 14.8. The van der Waals surface area contributed by atoms with Crippen LogP contribution in [0.4, 0.5) is 4.79 Å². The summed E-state index contributed by atoms with van der Waals surface area (Å²) in [6.07, 6.45) is 1.69. The number of carbonyl (C=O) groups is 1. The van der Waals surface area contributed by atoms with Gasteiger partial charge in [0.2, 0.25) is 0 Å². The number of hydrogen-bond acceptors (Lipinski definition) is 3. The van der Waals surface area contributed by atoms with Gasteiger partial charge in [0.15, 0.2) is 5.96 Å².